The summed E-state index contributed by atoms with van der Waals surface area (Å²) in [5.74, 6) is 0. The zero-order valence-electron chi connectivity index (χ0n) is 12.0. The van der Waals surface area contributed by atoms with Gasteiger partial charge < -0.3 is 17.5 Å². The van der Waals surface area contributed by atoms with Crippen molar-refractivity contribution in [2.45, 2.75) is 20.0 Å². The minimum absolute atomic E-state index is 0. The van der Waals surface area contributed by atoms with Crippen molar-refractivity contribution < 1.29 is 22.1 Å². The number of aromatic nitrogens is 2. The molecule has 0 bridgehead atoms. The molecule has 0 atom stereocenters. The Balaban J connectivity index is 0.00000161. The summed E-state index contributed by atoms with van der Waals surface area (Å²) >= 11 is 0. The molecule has 0 amide bonds. The van der Waals surface area contributed by atoms with Crippen molar-refractivity contribution in [3.05, 3.63) is 66.0 Å². The lowest BCUT2D eigenvalue weighted by atomic mass is 10.1. The minimum atomic E-state index is 0. The van der Waals surface area contributed by atoms with Crippen molar-refractivity contribution >= 4 is 11.0 Å². The summed E-state index contributed by atoms with van der Waals surface area (Å²) in [5.41, 5.74) is 4.99. The smallest absolute Gasteiger partial charge is 0.245 e. The van der Waals surface area contributed by atoms with Gasteiger partial charge in [-0.25, -0.2) is 9.13 Å². The number of imidazole rings is 1. The summed E-state index contributed by atoms with van der Waals surface area (Å²) in [4.78, 5) is 0. The first kappa shape index (κ1) is 15.5. The molecule has 3 aromatic rings. The van der Waals surface area contributed by atoms with Crippen molar-refractivity contribution in [2.75, 3.05) is 6.61 Å². The normalized spacial score (nSPS) is 10.6. The van der Waals surface area contributed by atoms with Gasteiger partial charge in [-0.05, 0) is 30.2 Å². The molecule has 3 rings (SSSR count). The number of rotatable bonds is 4. The molecule has 0 aliphatic heterocycles. The number of nitrogens with zero attached hydrogens (tertiary/aromatic N) is 2. The van der Waals surface area contributed by atoms with Gasteiger partial charge in [-0.3, -0.25) is 0 Å². The van der Waals surface area contributed by atoms with Gasteiger partial charge in [0, 0.05) is 0 Å². The molecule has 0 aliphatic rings. The van der Waals surface area contributed by atoms with E-state index in [2.05, 4.69) is 64.8 Å². The fourth-order valence-electron chi connectivity index (χ4n) is 2.63. The first-order valence-corrected chi connectivity index (χ1v) is 6.92. The van der Waals surface area contributed by atoms with Crippen LogP contribution in [0.15, 0.2) is 54.9 Å². The molecule has 0 unspecified atom stereocenters. The molecular weight excluding hydrogens is 284 g/mol. The van der Waals surface area contributed by atoms with Gasteiger partial charge in [-0.2, -0.15) is 0 Å². The maximum absolute atomic E-state index is 9.19. The highest BCUT2D eigenvalue weighted by Gasteiger charge is 2.15. The van der Waals surface area contributed by atoms with E-state index in [-0.39, 0.29) is 19.0 Å². The Hall–Kier alpha value is -1.84. The highest BCUT2D eigenvalue weighted by molar-refractivity contribution is 5.71. The van der Waals surface area contributed by atoms with E-state index in [0.717, 1.165) is 12.1 Å². The highest BCUT2D eigenvalue weighted by Crippen LogP contribution is 2.13. The van der Waals surface area contributed by atoms with Gasteiger partial charge in [-0.1, -0.05) is 36.4 Å². The fourth-order valence-corrected chi connectivity index (χ4v) is 2.63. The largest absolute Gasteiger partial charge is 1.00 e. The monoisotopic (exact) mass is 302 g/mol. The van der Waals surface area contributed by atoms with Crippen molar-refractivity contribution in [3.63, 3.8) is 0 Å². The van der Waals surface area contributed by atoms with E-state index in [1.165, 1.54) is 16.6 Å². The van der Waals surface area contributed by atoms with E-state index in [1.807, 2.05) is 6.07 Å². The van der Waals surface area contributed by atoms with Crippen LogP contribution in [0.1, 0.15) is 11.1 Å². The molecule has 1 aromatic heterocycles. The molecule has 110 valence electrons. The second kappa shape index (κ2) is 6.74. The number of benzene rings is 2. The lowest BCUT2D eigenvalue weighted by Crippen LogP contribution is -3.00. The van der Waals surface area contributed by atoms with Crippen LogP contribution in [0.5, 0.6) is 0 Å². The van der Waals surface area contributed by atoms with E-state index < -0.39 is 0 Å². The Morgan fingerprint density at radius 2 is 1.76 bits per heavy atom. The average molecular weight is 303 g/mol. The Labute approximate surface area is 130 Å². The van der Waals surface area contributed by atoms with Gasteiger partial charge in [0.2, 0.25) is 6.33 Å². The van der Waals surface area contributed by atoms with E-state index >= 15 is 0 Å². The maximum Gasteiger partial charge on any atom is 0.245 e. The lowest BCUT2D eigenvalue weighted by molar-refractivity contribution is -0.663. The van der Waals surface area contributed by atoms with E-state index in [9.17, 15) is 5.11 Å². The maximum atomic E-state index is 9.19. The number of fused-ring (bicyclic) bond motifs is 1. The molecule has 2 aromatic carbocycles. The van der Waals surface area contributed by atoms with Crippen molar-refractivity contribution in [1.29, 1.82) is 0 Å². The van der Waals surface area contributed by atoms with Crippen LogP contribution in [0.2, 0.25) is 0 Å². The molecule has 0 saturated carbocycles. The predicted octanol–water partition coefficient (Wildman–Crippen LogP) is -0.718. The third kappa shape index (κ3) is 3.09. The van der Waals surface area contributed by atoms with Gasteiger partial charge in [-0.15, -0.1) is 0 Å². The lowest BCUT2D eigenvalue weighted by Gasteiger charge is -2.02. The summed E-state index contributed by atoms with van der Waals surface area (Å²) in [6, 6.07) is 16.8. The Morgan fingerprint density at radius 1 is 1.05 bits per heavy atom. The third-order valence-electron chi connectivity index (χ3n) is 3.72. The Bertz CT molecular complexity index is 736. The quantitative estimate of drug-likeness (QED) is 0.634. The van der Waals surface area contributed by atoms with Gasteiger partial charge in [0.15, 0.2) is 11.0 Å². The summed E-state index contributed by atoms with van der Waals surface area (Å²) in [7, 11) is 0. The van der Waals surface area contributed by atoms with Gasteiger partial charge in [0.05, 0.1) is 6.61 Å². The molecule has 21 heavy (non-hydrogen) atoms. The molecule has 3 nitrogen and oxygen atoms in total. The van der Waals surface area contributed by atoms with Crippen LogP contribution in [0.25, 0.3) is 11.0 Å². The van der Waals surface area contributed by atoms with Crippen LogP contribution >= 0.6 is 0 Å². The van der Waals surface area contributed by atoms with E-state index in [1.54, 1.807) is 0 Å². The number of hydrogen-bond acceptors (Lipinski definition) is 1. The number of halogens is 1. The van der Waals surface area contributed by atoms with Gasteiger partial charge in [0.1, 0.15) is 13.1 Å². The molecule has 0 fully saturated rings. The van der Waals surface area contributed by atoms with Crippen LogP contribution in [0.4, 0.5) is 0 Å². The molecule has 0 saturated heterocycles. The van der Waals surface area contributed by atoms with E-state index in [0.29, 0.717) is 6.54 Å². The molecule has 1 heterocycles. The predicted molar refractivity (Wildman–Crippen MR) is 79.5 cm³/mol. The molecule has 1 N–H and O–H groups in total. The molecular formula is C17H19ClN2O. The van der Waals surface area contributed by atoms with Crippen molar-refractivity contribution in [2.24, 2.45) is 0 Å². The summed E-state index contributed by atoms with van der Waals surface area (Å²) < 4.78 is 4.35. The third-order valence-corrected chi connectivity index (χ3v) is 3.72. The Morgan fingerprint density at radius 3 is 2.52 bits per heavy atom. The van der Waals surface area contributed by atoms with Crippen LogP contribution in [-0.2, 0) is 13.1 Å². The number of aliphatic hydroxyl groups excluding tert-OH is 1. The zero-order chi connectivity index (χ0) is 13.9. The van der Waals surface area contributed by atoms with Crippen molar-refractivity contribution in [1.82, 2.24) is 4.57 Å². The first-order valence-electron chi connectivity index (χ1n) is 6.92. The van der Waals surface area contributed by atoms with Crippen LogP contribution in [-0.4, -0.2) is 16.3 Å². The minimum Gasteiger partial charge on any atom is -1.00 e. The molecule has 0 aliphatic carbocycles. The summed E-state index contributed by atoms with van der Waals surface area (Å²) in [6.45, 7) is 3.78. The van der Waals surface area contributed by atoms with E-state index in [4.69, 9.17) is 0 Å². The van der Waals surface area contributed by atoms with Crippen LogP contribution in [0, 0.1) is 6.92 Å². The van der Waals surface area contributed by atoms with Crippen LogP contribution < -0.4 is 17.0 Å². The van der Waals surface area contributed by atoms with Gasteiger partial charge >= 0.3 is 0 Å². The topological polar surface area (TPSA) is 29.0 Å². The number of aliphatic hydroxyl groups is 1. The molecule has 0 radical (unpaired) electrons. The second-order valence-corrected chi connectivity index (χ2v) is 5.08. The average Bonchev–Trinajstić information content (AvgIpc) is 2.81. The highest BCUT2D eigenvalue weighted by atomic mass is 35.5. The molecule has 0 spiro atoms. The standard InChI is InChI=1S/C17H19N2O.ClH/c1-14-6-2-3-7-15(14)12-19-13-18(10-11-20)16-8-4-5-9-17(16)19;/h2-9,13,20H,10-12H2,1H3;1H/q+1;/p-1. The zero-order valence-corrected chi connectivity index (χ0v) is 12.8. The summed E-state index contributed by atoms with van der Waals surface area (Å²) in [5, 5.41) is 9.19. The first-order chi connectivity index (χ1) is 9.79. The number of para-hydroxylation sites is 2. The van der Waals surface area contributed by atoms with Crippen LogP contribution in [0.3, 0.4) is 0 Å². The fraction of sp³-hybridized carbons (Fsp3) is 0.235. The van der Waals surface area contributed by atoms with Gasteiger partial charge in [0.25, 0.3) is 0 Å². The SMILES string of the molecule is Cc1ccccc1C[n+]1cn(CCO)c2ccccc21.[Cl-]. The number of aryl methyl sites for hydroxylation is 1. The van der Waals surface area contributed by atoms with Crippen molar-refractivity contribution in [3.8, 4) is 0 Å². The summed E-state index contributed by atoms with van der Waals surface area (Å²) in [6.07, 6.45) is 2.09. The second-order valence-electron chi connectivity index (χ2n) is 5.08. The Kier molecular flexibility index (Phi) is 4.99. The number of hydrogen-bond donors (Lipinski definition) is 1. The molecule has 4 heteroatoms.